The molecule has 1 amide bonds. The molecule has 2 N–H and O–H groups in total. The van der Waals surface area contributed by atoms with Gasteiger partial charge in [-0.3, -0.25) is 4.79 Å². The van der Waals surface area contributed by atoms with Crippen LogP contribution in [0, 0.1) is 6.92 Å². The maximum Gasteiger partial charge on any atom is 0.222 e. The van der Waals surface area contributed by atoms with Gasteiger partial charge in [0, 0.05) is 17.6 Å². The van der Waals surface area contributed by atoms with Gasteiger partial charge in [-0.25, -0.2) is 0 Å². The van der Waals surface area contributed by atoms with Crippen molar-refractivity contribution in [2.45, 2.75) is 13.8 Å². The first-order chi connectivity index (χ1) is 6.99. The number of benzene rings is 1. The molecule has 0 saturated carbocycles. The predicted molar refractivity (Wildman–Crippen MR) is 66.2 cm³/mol. The third-order valence-corrected chi connectivity index (χ3v) is 2.33. The monoisotopic (exact) mass is 242 g/mol. The van der Waals surface area contributed by atoms with Crippen LogP contribution in [0.4, 0.5) is 5.69 Å². The van der Waals surface area contributed by atoms with E-state index in [0.29, 0.717) is 5.02 Å². The molecule has 0 fully saturated rings. The Kier molecular flexibility index (Phi) is 4.05. The summed E-state index contributed by atoms with van der Waals surface area (Å²) in [5, 5.41) is 6.24. The molecule has 15 heavy (non-hydrogen) atoms. The van der Waals surface area contributed by atoms with Crippen molar-refractivity contribution < 1.29 is 4.79 Å². The third-order valence-electron chi connectivity index (χ3n) is 1.72. The fraction of sp³-hybridized carbons (Fsp3) is 0.200. The quantitative estimate of drug-likeness (QED) is 0.744. The van der Waals surface area contributed by atoms with Gasteiger partial charge in [0.15, 0.2) is 5.11 Å². The number of carbonyl (C=O) groups excluding carboxylic acids is 1. The van der Waals surface area contributed by atoms with Crippen LogP contribution in [0.5, 0.6) is 0 Å². The number of aryl methyl sites for hydroxylation is 1. The van der Waals surface area contributed by atoms with Gasteiger partial charge in [-0.15, -0.1) is 0 Å². The summed E-state index contributed by atoms with van der Waals surface area (Å²) in [5.74, 6) is -0.203. The molecule has 3 nitrogen and oxygen atoms in total. The SMILES string of the molecule is CC(=O)NC(=S)Nc1ccc(C)c(Cl)c1. The highest BCUT2D eigenvalue weighted by Gasteiger charge is 2.01. The molecule has 0 saturated heterocycles. The second kappa shape index (κ2) is 5.09. The second-order valence-electron chi connectivity index (χ2n) is 3.10. The second-order valence-corrected chi connectivity index (χ2v) is 3.91. The molecule has 1 rings (SSSR count). The minimum atomic E-state index is -0.203. The van der Waals surface area contributed by atoms with Crippen LogP contribution in [-0.2, 0) is 4.79 Å². The van der Waals surface area contributed by atoms with Crippen molar-refractivity contribution in [1.29, 1.82) is 0 Å². The van der Waals surface area contributed by atoms with Crippen molar-refractivity contribution >= 4 is 40.5 Å². The van der Waals surface area contributed by atoms with E-state index in [1.807, 2.05) is 19.1 Å². The van der Waals surface area contributed by atoms with Gasteiger partial charge in [0.1, 0.15) is 0 Å². The highest BCUT2D eigenvalue weighted by molar-refractivity contribution is 7.80. The van der Waals surface area contributed by atoms with Crippen LogP contribution in [0.15, 0.2) is 18.2 Å². The Hall–Kier alpha value is -1.13. The molecule has 0 bridgehead atoms. The number of rotatable bonds is 1. The van der Waals surface area contributed by atoms with Gasteiger partial charge >= 0.3 is 0 Å². The molecule has 0 aliphatic heterocycles. The van der Waals surface area contributed by atoms with Gasteiger partial charge < -0.3 is 10.6 Å². The van der Waals surface area contributed by atoms with E-state index >= 15 is 0 Å². The third kappa shape index (κ3) is 3.85. The number of nitrogens with one attached hydrogen (secondary N) is 2. The molecular weight excluding hydrogens is 232 g/mol. The Morgan fingerprint density at radius 2 is 2.13 bits per heavy atom. The first kappa shape index (κ1) is 11.9. The molecule has 0 spiro atoms. The van der Waals surface area contributed by atoms with Crippen LogP contribution in [-0.4, -0.2) is 11.0 Å². The van der Waals surface area contributed by atoms with E-state index in [2.05, 4.69) is 10.6 Å². The van der Waals surface area contributed by atoms with Crippen LogP contribution in [0.3, 0.4) is 0 Å². The number of anilines is 1. The summed E-state index contributed by atoms with van der Waals surface area (Å²) in [4.78, 5) is 10.7. The Bertz CT molecular complexity index is 406. The van der Waals surface area contributed by atoms with Crippen molar-refractivity contribution in [3.63, 3.8) is 0 Å². The van der Waals surface area contributed by atoms with Crippen molar-refractivity contribution in [2.75, 3.05) is 5.32 Å². The number of thiocarbonyl (C=S) groups is 1. The van der Waals surface area contributed by atoms with Crippen molar-refractivity contribution in [3.05, 3.63) is 28.8 Å². The van der Waals surface area contributed by atoms with Crippen LogP contribution >= 0.6 is 23.8 Å². The fourth-order valence-corrected chi connectivity index (χ4v) is 1.43. The lowest BCUT2D eigenvalue weighted by Crippen LogP contribution is -2.32. The van der Waals surface area contributed by atoms with E-state index in [4.69, 9.17) is 23.8 Å². The largest absolute Gasteiger partial charge is 0.332 e. The number of carbonyl (C=O) groups is 1. The van der Waals surface area contributed by atoms with Gasteiger partial charge in [-0.05, 0) is 36.8 Å². The lowest BCUT2D eigenvalue weighted by atomic mass is 10.2. The van der Waals surface area contributed by atoms with E-state index in [1.54, 1.807) is 6.07 Å². The lowest BCUT2D eigenvalue weighted by Gasteiger charge is -2.08. The summed E-state index contributed by atoms with van der Waals surface area (Å²) in [6, 6.07) is 5.47. The summed E-state index contributed by atoms with van der Waals surface area (Å²) in [6.45, 7) is 3.31. The molecule has 0 aliphatic rings. The van der Waals surface area contributed by atoms with Crippen LogP contribution in [0.2, 0.25) is 5.02 Å². The number of hydrogen-bond acceptors (Lipinski definition) is 2. The number of amides is 1. The van der Waals surface area contributed by atoms with Crippen molar-refractivity contribution in [1.82, 2.24) is 5.32 Å². The zero-order valence-electron chi connectivity index (χ0n) is 8.43. The Labute approximate surface area is 98.8 Å². The van der Waals surface area contributed by atoms with Gasteiger partial charge in [0.2, 0.25) is 5.91 Å². The van der Waals surface area contributed by atoms with E-state index in [9.17, 15) is 4.79 Å². The smallest absolute Gasteiger partial charge is 0.222 e. The van der Waals surface area contributed by atoms with Crippen LogP contribution < -0.4 is 10.6 Å². The van der Waals surface area contributed by atoms with Gasteiger partial charge in [0.05, 0.1) is 0 Å². The number of hydrogen-bond donors (Lipinski definition) is 2. The van der Waals surface area contributed by atoms with E-state index < -0.39 is 0 Å². The molecular formula is C10H11ClN2OS. The van der Waals surface area contributed by atoms with Crippen molar-refractivity contribution in [3.8, 4) is 0 Å². The topological polar surface area (TPSA) is 41.1 Å². The van der Waals surface area contributed by atoms with Crippen LogP contribution in [0.25, 0.3) is 0 Å². The minimum absolute atomic E-state index is 0.203. The molecule has 0 atom stereocenters. The molecule has 80 valence electrons. The normalized spacial score (nSPS) is 9.53. The predicted octanol–water partition coefficient (Wildman–Crippen LogP) is 2.48. The molecule has 0 aromatic heterocycles. The molecule has 0 unspecified atom stereocenters. The Balaban J connectivity index is 2.69. The van der Waals surface area contributed by atoms with E-state index in [1.165, 1.54) is 6.92 Å². The summed E-state index contributed by atoms with van der Waals surface area (Å²) in [7, 11) is 0. The highest BCUT2D eigenvalue weighted by atomic mass is 35.5. The maximum absolute atomic E-state index is 10.7. The summed E-state index contributed by atoms with van der Waals surface area (Å²) >= 11 is 10.8. The zero-order chi connectivity index (χ0) is 11.4. The number of halogens is 1. The van der Waals surface area contributed by atoms with Gasteiger partial charge in [0.25, 0.3) is 0 Å². The molecule has 0 radical (unpaired) electrons. The fourth-order valence-electron chi connectivity index (χ4n) is 0.993. The minimum Gasteiger partial charge on any atom is -0.332 e. The first-order valence-electron chi connectivity index (χ1n) is 4.34. The summed E-state index contributed by atoms with van der Waals surface area (Å²) in [6.07, 6.45) is 0. The average molecular weight is 243 g/mol. The van der Waals surface area contributed by atoms with Gasteiger partial charge in [-0.2, -0.15) is 0 Å². The van der Waals surface area contributed by atoms with Crippen LogP contribution in [0.1, 0.15) is 12.5 Å². The summed E-state index contributed by atoms with van der Waals surface area (Å²) < 4.78 is 0. The Morgan fingerprint density at radius 3 is 2.67 bits per heavy atom. The van der Waals surface area contributed by atoms with Crippen molar-refractivity contribution in [2.24, 2.45) is 0 Å². The first-order valence-corrected chi connectivity index (χ1v) is 5.12. The Morgan fingerprint density at radius 1 is 1.47 bits per heavy atom. The standard InChI is InChI=1S/C10H11ClN2OS/c1-6-3-4-8(5-9(6)11)13-10(15)12-7(2)14/h3-5H,1-2H3,(H2,12,13,14,15). The highest BCUT2D eigenvalue weighted by Crippen LogP contribution is 2.19. The molecule has 5 heteroatoms. The molecule has 0 aliphatic carbocycles. The molecule has 1 aromatic rings. The average Bonchev–Trinajstić information content (AvgIpc) is 2.10. The summed E-state index contributed by atoms with van der Waals surface area (Å²) in [5.41, 5.74) is 1.75. The lowest BCUT2D eigenvalue weighted by molar-refractivity contribution is -0.117. The maximum atomic E-state index is 10.7. The molecule has 1 aromatic carbocycles. The molecule has 0 heterocycles. The van der Waals surface area contributed by atoms with E-state index in [-0.39, 0.29) is 11.0 Å². The van der Waals surface area contributed by atoms with E-state index in [0.717, 1.165) is 11.3 Å². The van der Waals surface area contributed by atoms with Gasteiger partial charge in [-0.1, -0.05) is 17.7 Å². The zero-order valence-corrected chi connectivity index (χ0v) is 10.00.